The van der Waals surface area contributed by atoms with Crippen LogP contribution in [0.5, 0.6) is 0 Å². The van der Waals surface area contributed by atoms with E-state index in [-0.39, 0.29) is 19.8 Å². The monoisotopic (exact) mass is 394 g/mol. The topological polar surface area (TPSA) is 126 Å². The number of esters is 1. The predicted molar refractivity (Wildman–Crippen MR) is 99.9 cm³/mol. The van der Waals surface area contributed by atoms with Gasteiger partial charge in [0.2, 0.25) is 0 Å². The summed E-state index contributed by atoms with van der Waals surface area (Å²) in [5, 5.41) is 38.9. The summed E-state index contributed by atoms with van der Waals surface area (Å²) >= 11 is 0. The van der Waals surface area contributed by atoms with Gasteiger partial charge in [0.1, 0.15) is 31.0 Å². The zero-order chi connectivity index (χ0) is 20.5. The Morgan fingerprint density at radius 1 is 1.14 bits per heavy atom. The summed E-state index contributed by atoms with van der Waals surface area (Å²) in [6.45, 7) is 3.20. The van der Waals surface area contributed by atoms with Gasteiger partial charge < -0.3 is 34.6 Å². The Labute approximate surface area is 163 Å². The van der Waals surface area contributed by atoms with Gasteiger partial charge >= 0.3 is 5.97 Å². The van der Waals surface area contributed by atoms with Crippen molar-refractivity contribution in [2.45, 2.75) is 37.1 Å². The molecule has 1 aliphatic rings. The lowest BCUT2D eigenvalue weighted by Gasteiger charge is -2.39. The number of hydrogen-bond donors (Lipinski definition) is 4. The quantitative estimate of drug-likeness (QED) is 0.262. The predicted octanol–water partition coefficient (Wildman–Crippen LogP) is 0.00580. The normalized spacial score (nSPS) is 27.6. The number of benzene rings is 1. The molecule has 8 heteroatoms. The van der Waals surface area contributed by atoms with E-state index in [9.17, 15) is 20.1 Å². The van der Waals surface area contributed by atoms with E-state index in [1.807, 2.05) is 30.3 Å². The van der Waals surface area contributed by atoms with Gasteiger partial charge in [0.05, 0.1) is 13.2 Å². The maximum Gasteiger partial charge on any atom is 0.330 e. The van der Waals surface area contributed by atoms with E-state index >= 15 is 0 Å². The molecule has 1 saturated heterocycles. The lowest BCUT2D eigenvalue weighted by Crippen LogP contribution is -2.59. The third-order valence-electron chi connectivity index (χ3n) is 4.23. The van der Waals surface area contributed by atoms with E-state index in [2.05, 4.69) is 6.58 Å². The molecular weight excluding hydrogens is 368 g/mol. The van der Waals surface area contributed by atoms with E-state index in [1.165, 1.54) is 6.08 Å². The van der Waals surface area contributed by atoms with Crippen LogP contribution >= 0.6 is 0 Å². The Hall–Kier alpha value is -2.07. The molecule has 1 heterocycles. The summed E-state index contributed by atoms with van der Waals surface area (Å²) in [7, 11) is 0. The van der Waals surface area contributed by atoms with Crippen LogP contribution in [-0.4, -0.2) is 76.9 Å². The molecule has 1 aliphatic heterocycles. The standard InChI is InChI=1S/C20H26O8/c1-13(11-21)9-10-26-20-19(25)18(24)17(23)15(28-20)12-27-16(22)8-7-14-5-3-2-4-6-14/h2-8,15,17-21,23-25H,1,9-12H2/b8-7+/t15-,17-,18+,19-,20-/m1/s1. The van der Waals surface area contributed by atoms with Crippen molar-refractivity contribution in [2.24, 2.45) is 0 Å². The van der Waals surface area contributed by atoms with E-state index in [0.29, 0.717) is 12.0 Å². The van der Waals surface area contributed by atoms with Crippen molar-refractivity contribution >= 4 is 12.0 Å². The van der Waals surface area contributed by atoms with Crippen LogP contribution in [0.2, 0.25) is 0 Å². The zero-order valence-corrected chi connectivity index (χ0v) is 15.4. The second-order valence-electron chi connectivity index (χ2n) is 6.42. The van der Waals surface area contributed by atoms with Crippen molar-refractivity contribution in [3.63, 3.8) is 0 Å². The number of carbonyl (C=O) groups is 1. The van der Waals surface area contributed by atoms with E-state index in [0.717, 1.165) is 5.56 Å². The summed E-state index contributed by atoms with van der Waals surface area (Å²) < 4.78 is 15.9. The van der Waals surface area contributed by atoms with Gasteiger partial charge in [0.15, 0.2) is 6.29 Å². The molecular formula is C20H26O8. The maximum atomic E-state index is 11.9. The molecule has 0 saturated carbocycles. The molecule has 5 atom stereocenters. The number of carbonyl (C=O) groups excluding carboxylic acids is 1. The molecule has 1 aromatic carbocycles. The molecule has 0 amide bonds. The Kier molecular flexibility index (Phi) is 8.78. The molecule has 8 nitrogen and oxygen atoms in total. The fraction of sp³-hybridized carbons (Fsp3) is 0.450. The molecule has 1 aromatic rings. The Balaban J connectivity index is 1.85. The molecule has 0 radical (unpaired) electrons. The number of hydrogen-bond acceptors (Lipinski definition) is 8. The smallest absolute Gasteiger partial charge is 0.330 e. The highest BCUT2D eigenvalue weighted by Crippen LogP contribution is 2.23. The van der Waals surface area contributed by atoms with Crippen LogP contribution in [0.1, 0.15) is 12.0 Å². The van der Waals surface area contributed by atoms with Gasteiger partial charge in [-0.15, -0.1) is 0 Å². The molecule has 2 rings (SSSR count). The molecule has 154 valence electrons. The van der Waals surface area contributed by atoms with Gasteiger partial charge in [-0.2, -0.15) is 0 Å². The van der Waals surface area contributed by atoms with Crippen molar-refractivity contribution in [3.8, 4) is 0 Å². The molecule has 0 aliphatic carbocycles. The number of rotatable bonds is 9. The average molecular weight is 394 g/mol. The fourth-order valence-corrected chi connectivity index (χ4v) is 2.53. The van der Waals surface area contributed by atoms with E-state index < -0.39 is 36.7 Å². The van der Waals surface area contributed by atoms with Gasteiger partial charge in [0, 0.05) is 6.08 Å². The van der Waals surface area contributed by atoms with Crippen molar-refractivity contribution < 1.29 is 39.4 Å². The first kappa shape index (κ1) is 22.2. The lowest BCUT2D eigenvalue weighted by molar-refractivity contribution is -0.301. The van der Waals surface area contributed by atoms with Crippen LogP contribution in [0.25, 0.3) is 6.08 Å². The molecule has 1 fully saturated rings. The summed E-state index contributed by atoms with van der Waals surface area (Å²) in [6, 6.07) is 9.17. The summed E-state index contributed by atoms with van der Waals surface area (Å²) in [6.07, 6.45) is -3.57. The number of aliphatic hydroxyl groups excluding tert-OH is 4. The third-order valence-corrected chi connectivity index (χ3v) is 4.23. The number of ether oxygens (including phenoxy) is 3. The molecule has 28 heavy (non-hydrogen) atoms. The van der Waals surface area contributed by atoms with Gasteiger partial charge in [-0.3, -0.25) is 0 Å². The van der Waals surface area contributed by atoms with Crippen molar-refractivity contribution in [1.82, 2.24) is 0 Å². The summed E-state index contributed by atoms with van der Waals surface area (Å²) in [5.41, 5.74) is 1.37. The SMILES string of the molecule is C=C(CO)CCO[C@@H]1O[C@H](COC(=O)/C=C/c2ccccc2)[C@@H](O)[C@H](O)[C@H]1O. The first-order valence-corrected chi connectivity index (χ1v) is 8.91. The summed E-state index contributed by atoms with van der Waals surface area (Å²) in [5.74, 6) is -0.642. The minimum atomic E-state index is -1.52. The minimum absolute atomic E-state index is 0.0935. The highest BCUT2D eigenvalue weighted by molar-refractivity contribution is 5.87. The Morgan fingerprint density at radius 3 is 2.54 bits per heavy atom. The van der Waals surface area contributed by atoms with E-state index in [1.54, 1.807) is 6.08 Å². The average Bonchev–Trinajstić information content (AvgIpc) is 2.71. The molecule has 0 bridgehead atoms. The molecule has 0 unspecified atom stereocenters. The maximum absolute atomic E-state index is 11.9. The Morgan fingerprint density at radius 2 is 1.86 bits per heavy atom. The largest absolute Gasteiger partial charge is 0.460 e. The molecule has 0 spiro atoms. The zero-order valence-electron chi connectivity index (χ0n) is 15.4. The van der Waals surface area contributed by atoms with Crippen molar-refractivity contribution in [1.29, 1.82) is 0 Å². The van der Waals surface area contributed by atoms with Crippen molar-refractivity contribution in [3.05, 3.63) is 54.1 Å². The summed E-state index contributed by atoms with van der Waals surface area (Å²) in [4.78, 5) is 11.9. The molecule has 4 N–H and O–H groups in total. The van der Waals surface area contributed by atoms with Gasteiger partial charge in [-0.25, -0.2) is 4.79 Å². The Bertz CT molecular complexity index is 659. The van der Waals surface area contributed by atoms with Crippen LogP contribution in [0.4, 0.5) is 0 Å². The first-order valence-electron chi connectivity index (χ1n) is 8.91. The van der Waals surface area contributed by atoms with Gasteiger partial charge in [-0.05, 0) is 23.6 Å². The second-order valence-corrected chi connectivity index (χ2v) is 6.42. The second kappa shape index (κ2) is 11.1. The number of aliphatic hydroxyl groups is 4. The third kappa shape index (κ3) is 6.52. The van der Waals surface area contributed by atoms with Gasteiger partial charge in [-0.1, -0.05) is 36.9 Å². The van der Waals surface area contributed by atoms with E-state index in [4.69, 9.17) is 19.3 Å². The first-order chi connectivity index (χ1) is 13.4. The highest BCUT2D eigenvalue weighted by Gasteiger charge is 2.44. The minimum Gasteiger partial charge on any atom is -0.460 e. The van der Waals surface area contributed by atoms with Crippen LogP contribution in [0.15, 0.2) is 48.6 Å². The van der Waals surface area contributed by atoms with Crippen molar-refractivity contribution in [2.75, 3.05) is 19.8 Å². The molecule has 0 aromatic heterocycles. The van der Waals surface area contributed by atoms with Crippen LogP contribution in [0.3, 0.4) is 0 Å². The van der Waals surface area contributed by atoms with Crippen LogP contribution < -0.4 is 0 Å². The highest BCUT2D eigenvalue weighted by atomic mass is 16.7. The van der Waals surface area contributed by atoms with Crippen LogP contribution in [-0.2, 0) is 19.0 Å². The van der Waals surface area contributed by atoms with Crippen LogP contribution in [0, 0.1) is 0 Å². The van der Waals surface area contributed by atoms with Gasteiger partial charge in [0.25, 0.3) is 0 Å². The fourth-order valence-electron chi connectivity index (χ4n) is 2.53. The lowest BCUT2D eigenvalue weighted by atomic mass is 9.99.